The molecule has 0 bridgehead atoms. The van der Waals surface area contributed by atoms with E-state index in [1.165, 1.54) is 36.7 Å². The summed E-state index contributed by atoms with van der Waals surface area (Å²) in [5.74, 6) is 0.663. The molecule has 0 saturated carbocycles. The van der Waals surface area contributed by atoms with Gasteiger partial charge in [-0.25, -0.2) is 8.42 Å². The Morgan fingerprint density at radius 2 is 1.82 bits per heavy atom. The van der Waals surface area contributed by atoms with E-state index in [1.54, 1.807) is 18.2 Å². The molecule has 0 radical (unpaired) electrons. The lowest BCUT2D eigenvalue weighted by molar-refractivity contribution is -0.121. The average Bonchev–Trinajstić information content (AvgIpc) is 2.83. The van der Waals surface area contributed by atoms with Crippen molar-refractivity contribution in [3.05, 3.63) is 36.4 Å². The second kappa shape index (κ2) is 9.28. The van der Waals surface area contributed by atoms with E-state index >= 15 is 0 Å². The molecule has 1 fully saturated rings. The zero-order chi connectivity index (χ0) is 23.6. The van der Waals surface area contributed by atoms with Gasteiger partial charge >= 0.3 is 0 Å². The number of carbonyl (C=O) groups excluding carboxylic acids is 2. The predicted molar refractivity (Wildman–Crippen MR) is 120 cm³/mol. The molecule has 0 spiro atoms. The normalized spacial score (nSPS) is 16.8. The molecular weight excluding hydrogens is 450 g/mol. The van der Waals surface area contributed by atoms with Gasteiger partial charge < -0.3 is 24.8 Å². The minimum Gasteiger partial charge on any atom is -0.493 e. The van der Waals surface area contributed by atoms with Crippen molar-refractivity contribution in [1.82, 2.24) is 4.31 Å². The molecule has 2 aliphatic rings. The lowest BCUT2D eigenvalue weighted by Crippen LogP contribution is -2.41. The predicted octanol–water partition coefficient (Wildman–Crippen LogP) is 2.07. The summed E-state index contributed by atoms with van der Waals surface area (Å²) in [6.07, 6.45) is 0.784. The van der Waals surface area contributed by atoms with Crippen LogP contribution in [0.25, 0.3) is 0 Å². The Bertz CT molecular complexity index is 1170. The number of ether oxygens (including phenoxy) is 3. The number of hydrogen-bond acceptors (Lipinski definition) is 7. The lowest BCUT2D eigenvalue weighted by Gasteiger charge is -2.31. The number of fused-ring (bicyclic) bond motifs is 1. The third-order valence-electron chi connectivity index (χ3n) is 5.70. The number of carbonyl (C=O) groups is 2. The first-order valence-corrected chi connectivity index (χ1v) is 11.9. The van der Waals surface area contributed by atoms with E-state index in [0.29, 0.717) is 41.5 Å². The van der Waals surface area contributed by atoms with Crippen LogP contribution in [-0.2, 0) is 19.6 Å². The molecule has 176 valence electrons. The number of piperidine rings is 1. The summed E-state index contributed by atoms with van der Waals surface area (Å²) >= 11 is 0. The summed E-state index contributed by atoms with van der Waals surface area (Å²) < 4.78 is 43.3. The van der Waals surface area contributed by atoms with Gasteiger partial charge in [0.15, 0.2) is 18.1 Å². The van der Waals surface area contributed by atoms with Crippen LogP contribution in [0.5, 0.6) is 17.2 Å². The quantitative estimate of drug-likeness (QED) is 0.656. The van der Waals surface area contributed by atoms with Crippen molar-refractivity contribution in [1.29, 1.82) is 0 Å². The first-order valence-electron chi connectivity index (χ1n) is 10.4. The molecule has 2 N–H and O–H groups in total. The Morgan fingerprint density at radius 3 is 2.52 bits per heavy atom. The van der Waals surface area contributed by atoms with Gasteiger partial charge in [-0.15, -0.1) is 0 Å². The highest BCUT2D eigenvalue weighted by Crippen LogP contribution is 2.33. The minimum absolute atomic E-state index is 0.0697. The Balaban J connectivity index is 1.39. The standard InChI is InChI=1S/C22H25N3O7S/c1-30-19-5-3-15(11-20(19)31-2)23-22(27)14-7-9-25(10-8-14)33(28,29)16-4-6-18-17(12-16)24-21(26)13-32-18/h3-6,11-12,14H,7-10,13H2,1-2H3,(H,23,27)(H,24,26). The molecule has 2 aromatic carbocycles. The highest BCUT2D eigenvalue weighted by Gasteiger charge is 2.33. The van der Waals surface area contributed by atoms with Crippen LogP contribution in [0.4, 0.5) is 11.4 Å². The number of sulfonamides is 1. The van der Waals surface area contributed by atoms with Crippen molar-refractivity contribution < 1.29 is 32.2 Å². The SMILES string of the molecule is COc1ccc(NC(=O)C2CCN(S(=O)(=O)c3ccc4c(c3)NC(=O)CO4)CC2)cc1OC. The van der Waals surface area contributed by atoms with E-state index in [9.17, 15) is 18.0 Å². The Morgan fingerprint density at radius 1 is 1.09 bits per heavy atom. The number of nitrogens with zero attached hydrogens (tertiary/aromatic N) is 1. The topological polar surface area (TPSA) is 123 Å². The molecule has 0 unspecified atom stereocenters. The van der Waals surface area contributed by atoms with Crippen LogP contribution < -0.4 is 24.8 Å². The highest BCUT2D eigenvalue weighted by molar-refractivity contribution is 7.89. The smallest absolute Gasteiger partial charge is 0.262 e. The summed E-state index contributed by atoms with van der Waals surface area (Å²) in [6, 6.07) is 9.49. The van der Waals surface area contributed by atoms with Crippen LogP contribution in [0.15, 0.2) is 41.3 Å². The molecular formula is C22H25N3O7S. The zero-order valence-corrected chi connectivity index (χ0v) is 19.1. The van der Waals surface area contributed by atoms with Crippen molar-refractivity contribution in [2.24, 2.45) is 5.92 Å². The maximum atomic E-state index is 13.1. The number of hydrogen-bond donors (Lipinski definition) is 2. The van der Waals surface area contributed by atoms with Gasteiger partial charge in [-0.3, -0.25) is 9.59 Å². The number of methoxy groups -OCH3 is 2. The van der Waals surface area contributed by atoms with Gasteiger partial charge in [-0.1, -0.05) is 0 Å². The summed E-state index contributed by atoms with van der Waals surface area (Å²) in [5, 5.41) is 5.48. The summed E-state index contributed by atoms with van der Waals surface area (Å²) in [6.45, 7) is 0.330. The molecule has 2 aliphatic heterocycles. The lowest BCUT2D eigenvalue weighted by atomic mass is 9.97. The van der Waals surface area contributed by atoms with Gasteiger partial charge in [-0.2, -0.15) is 4.31 Å². The summed E-state index contributed by atoms with van der Waals surface area (Å²) in [5.41, 5.74) is 0.905. The largest absolute Gasteiger partial charge is 0.493 e. The Labute approximate surface area is 191 Å². The van der Waals surface area contributed by atoms with Gasteiger partial charge in [0.25, 0.3) is 5.91 Å². The molecule has 11 heteroatoms. The van der Waals surface area contributed by atoms with Crippen LogP contribution >= 0.6 is 0 Å². The second-order valence-corrected chi connectivity index (χ2v) is 9.67. The second-order valence-electron chi connectivity index (χ2n) is 7.73. The Hall–Kier alpha value is -3.31. The van der Waals surface area contributed by atoms with Crippen LogP contribution in [0.1, 0.15) is 12.8 Å². The average molecular weight is 476 g/mol. The third-order valence-corrected chi connectivity index (χ3v) is 7.59. The molecule has 0 atom stereocenters. The number of amides is 2. The van der Waals surface area contributed by atoms with E-state index in [2.05, 4.69) is 10.6 Å². The molecule has 2 heterocycles. The molecule has 10 nitrogen and oxygen atoms in total. The molecule has 4 rings (SSSR count). The van der Waals surface area contributed by atoms with E-state index < -0.39 is 10.0 Å². The van der Waals surface area contributed by atoms with Crippen LogP contribution in [0.2, 0.25) is 0 Å². The summed E-state index contributed by atoms with van der Waals surface area (Å²) in [7, 11) is -0.723. The van der Waals surface area contributed by atoms with Crippen LogP contribution in [0.3, 0.4) is 0 Å². The highest BCUT2D eigenvalue weighted by atomic mass is 32.2. The van der Waals surface area contributed by atoms with E-state index in [0.717, 1.165) is 0 Å². The van der Waals surface area contributed by atoms with E-state index in [1.807, 2.05) is 0 Å². The van der Waals surface area contributed by atoms with Crippen molar-refractivity contribution in [3.63, 3.8) is 0 Å². The fourth-order valence-electron chi connectivity index (χ4n) is 3.89. The van der Waals surface area contributed by atoms with Crippen molar-refractivity contribution in [2.45, 2.75) is 17.7 Å². The molecule has 33 heavy (non-hydrogen) atoms. The third kappa shape index (κ3) is 4.74. The minimum atomic E-state index is -3.77. The number of rotatable bonds is 6. The van der Waals surface area contributed by atoms with Crippen molar-refractivity contribution in [3.8, 4) is 17.2 Å². The van der Waals surface area contributed by atoms with E-state index in [-0.39, 0.29) is 42.3 Å². The molecule has 2 amide bonds. The molecule has 0 aromatic heterocycles. The molecule has 1 saturated heterocycles. The fourth-order valence-corrected chi connectivity index (χ4v) is 5.38. The maximum absolute atomic E-state index is 13.1. The zero-order valence-electron chi connectivity index (χ0n) is 18.3. The molecule has 2 aromatic rings. The van der Waals surface area contributed by atoms with Gasteiger partial charge in [0.1, 0.15) is 5.75 Å². The molecule has 0 aliphatic carbocycles. The number of anilines is 2. The van der Waals surface area contributed by atoms with Gasteiger partial charge in [-0.05, 0) is 43.2 Å². The fraction of sp³-hybridized carbons (Fsp3) is 0.364. The maximum Gasteiger partial charge on any atom is 0.262 e. The van der Waals surface area contributed by atoms with Gasteiger partial charge in [0, 0.05) is 30.8 Å². The van der Waals surface area contributed by atoms with Gasteiger partial charge in [0.2, 0.25) is 15.9 Å². The van der Waals surface area contributed by atoms with E-state index in [4.69, 9.17) is 14.2 Å². The van der Waals surface area contributed by atoms with Gasteiger partial charge in [0.05, 0.1) is 24.8 Å². The van der Waals surface area contributed by atoms with Crippen molar-refractivity contribution in [2.75, 3.05) is 44.5 Å². The first kappa shape index (κ1) is 22.9. The number of nitrogens with one attached hydrogen (secondary N) is 2. The van der Waals surface area contributed by atoms with Crippen molar-refractivity contribution >= 4 is 33.2 Å². The first-order chi connectivity index (χ1) is 15.8. The Kier molecular flexibility index (Phi) is 6.43. The monoisotopic (exact) mass is 475 g/mol. The summed E-state index contributed by atoms with van der Waals surface area (Å²) in [4.78, 5) is 24.3. The van der Waals surface area contributed by atoms with Crippen LogP contribution in [-0.4, -0.2) is 58.5 Å². The van der Waals surface area contributed by atoms with Crippen LogP contribution in [0, 0.1) is 5.92 Å². The number of benzene rings is 2.